The number of amides is 1. The maximum atomic E-state index is 13.0. The van der Waals surface area contributed by atoms with Gasteiger partial charge < -0.3 is 10.1 Å². The summed E-state index contributed by atoms with van der Waals surface area (Å²) in [5.41, 5.74) is 1.02. The minimum absolute atomic E-state index is 0.0297. The summed E-state index contributed by atoms with van der Waals surface area (Å²) < 4.78 is 32.0. The highest BCUT2D eigenvalue weighted by molar-refractivity contribution is 7.89. The second kappa shape index (κ2) is 10.9. The Morgan fingerprint density at radius 2 is 1.67 bits per heavy atom. The SMILES string of the molecule is COC(=O)c1cccc(C(=O)NC(=S)Nc2ccc(S(=O)(=O)N(C)C3CCCCC3)cc2)c1. The maximum absolute atomic E-state index is 13.0. The van der Waals surface area contributed by atoms with Gasteiger partial charge in [-0.25, -0.2) is 13.2 Å². The third-order valence-corrected chi connectivity index (χ3v) is 7.78. The molecule has 0 spiro atoms. The first-order valence-electron chi connectivity index (χ1n) is 10.6. The molecule has 0 aliphatic heterocycles. The smallest absolute Gasteiger partial charge is 0.337 e. The standard InChI is InChI=1S/C23H27N3O5S2/c1-26(19-9-4-3-5-10-19)33(29,30)20-13-11-18(12-14-20)24-23(32)25-21(27)16-7-6-8-17(15-16)22(28)31-2/h6-8,11-15,19H,3-5,9-10H2,1-2H3,(H2,24,25,27,32). The second-order valence-corrected chi connectivity index (χ2v) is 10.2. The third kappa shape index (κ3) is 6.16. The molecule has 176 valence electrons. The second-order valence-electron chi connectivity index (χ2n) is 7.82. The molecule has 1 amide bonds. The Hall–Kier alpha value is -2.82. The molecule has 0 radical (unpaired) electrons. The lowest BCUT2D eigenvalue weighted by Gasteiger charge is -2.30. The Morgan fingerprint density at radius 3 is 2.30 bits per heavy atom. The predicted molar refractivity (Wildman–Crippen MR) is 130 cm³/mol. The van der Waals surface area contributed by atoms with E-state index in [4.69, 9.17) is 12.2 Å². The molecule has 2 aromatic rings. The van der Waals surface area contributed by atoms with Gasteiger partial charge in [-0.2, -0.15) is 4.31 Å². The van der Waals surface area contributed by atoms with Crippen molar-refractivity contribution in [2.45, 2.75) is 43.0 Å². The molecular weight excluding hydrogens is 462 g/mol. The van der Waals surface area contributed by atoms with Crippen molar-refractivity contribution in [2.24, 2.45) is 0 Å². The highest BCUT2D eigenvalue weighted by Crippen LogP contribution is 2.27. The fourth-order valence-corrected chi connectivity index (χ4v) is 5.39. The zero-order chi connectivity index (χ0) is 24.0. The van der Waals surface area contributed by atoms with Crippen LogP contribution in [0.5, 0.6) is 0 Å². The summed E-state index contributed by atoms with van der Waals surface area (Å²) in [6.45, 7) is 0. The molecule has 33 heavy (non-hydrogen) atoms. The van der Waals surface area contributed by atoms with Crippen molar-refractivity contribution in [3.63, 3.8) is 0 Å². The van der Waals surface area contributed by atoms with Crippen LogP contribution in [0.25, 0.3) is 0 Å². The van der Waals surface area contributed by atoms with E-state index in [9.17, 15) is 18.0 Å². The predicted octanol–water partition coefficient (Wildman–Crippen LogP) is 3.55. The van der Waals surface area contributed by atoms with Gasteiger partial charge >= 0.3 is 5.97 Å². The van der Waals surface area contributed by atoms with Crippen LogP contribution < -0.4 is 10.6 Å². The van der Waals surface area contributed by atoms with Gasteiger partial charge in [0.1, 0.15) is 0 Å². The first kappa shape index (κ1) is 24.8. The molecule has 0 atom stereocenters. The summed E-state index contributed by atoms with van der Waals surface area (Å²) in [4.78, 5) is 24.3. The lowest BCUT2D eigenvalue weighted by Crippen LogP contribution is -2.38. The molecule has 1 saturated carbocycles. The van der Waals surface area contributed by atoms with E-state index in [2.05, 4.69) is 15.4 Å². The molecule has 1 fully saturated rings. The Balaban J connectivity index is 1.62. The van der Waals surface area contributed by atoms with E-state index >= 15 is 0 Å². The van der Waals surface area contributed by atoms with Gasteiger partial charge in [0.05, 0.1) is 17.6 Å². The van der Waals surface area contributed by atoms with Crippen LogP contribution in [-0.2, 0) is 14.8 Å². The van der Waals surface area contributed by atoms with Gasteiger partial charge in [-0.05, 0) is 67.5 Å². The average molecular weight is 490 g/mol. The minimum Gasteiger partial charge on any atom is -0.465 e. The molecule has 1 aliphatic rings. The van der Waals surface area contributed by atoms with E-state index in [-0.39, 0.29) is 27.2 Å². The van der Waals surface area contributed by atoms with Gasteiger partial charge in [0.2, 0.25) is 10.0 Å². The summed E-state index contributed by atoms with van der Waals surface area (Å²) >= 11 is 5.19. The van der Waals surface area contributed by atoms with Crippen LogP contribution >= 0.6 is 12.2 Å². The number of hydrogen-bond donors (Lipinski definition) is 2. The fourth-order valence-electron chi connectivity index (χ4n) is 3.76. The first-order valence-corrected chi connectivity index (χ1v) is 12.5. The summed E-state index contributed by atoms with van der Waals surface area (Å²) in [6, 6.07) is 12.3. The molecular formula is C23H27N3O5S2. The topological polar surface area (TPSA) is 105 Å². The molecule has 0 heterocycles. The molecule has 2 aromatic carbocycles. The van der Waals surface area contributed by atoms with Gasteiger partial charge in [0.25, 0.3) is 5.91 Å². The van der Waals surface area contributed by atoms with Crippen LogP contribution in [0.3, 0.4) is 0 Å². The molecule has 0 bridgehead atoms. The van der Waals surface area contributed by atoms with Crippen LogP contribution in [0.2, 0.25) is 0 Å². The monoisotopic (exact) mass is 489 g/mol. The quantitative estimate of drug-likeness (QED) is 0.472. The first-order chi connectivity index (χ1) is 15.7. The number of nitrogens with one attached hydrogen (secondary N) is 2. The van der Waals surface area contributed by atoms with Crippen molar-refractivity contribution in [1.82, 2.24) is 9.62 Å². The number of sulfonamides is 1. The van der Waals surface area contributed by atoms with E-state index < -0.39 is 21.9 Å². The van der Waals surface area contributed by atoms with Crippen molar-refractivity contribution in [2.75, 3.05) is 19.5 Å². The number of nitrogens with zero attached hydrogens (tertiary/aromatic N) is 1. The van der Waals surface area contributed by atoms with Gasteiger partial charge in [0, 0.05) is 24.3 Å². The molecule has 0 unspecified atom stereocenters. The fraction of sp³-hybridized carbons (Fsp3) is 0.348. The van der Waals surface area contributed by atoms with Crippen molar-refractivity contribution >= 4 is 44.9 Å². The number of thiocarbonyl (C=S) groups is 1. The zero-order valence-electron chi connectivity index (χ0n) is 18.5. The average Bonchev–Trinajstić information content (AvgIpc) is 2.83. The lowest BCUT2D eigenvalue weighted by molar-refractivity contribution is 0.0600. The number of benzene rings is 2. The highest BCUT2D eigenvalue weighted by Gasteiger charge is 2.28. The van der Waals surface area contributed by atoms with Crippen molar-refractivity contribution in [1.29, 1.82) is 0 Å². The molecule has 0 saturated heterocycles. The van der Waals surface area contributed by atoms with Crippen LogP contribution in [0.1, 0.15) is 52.8 Å². The number of carbonyl (C=O) groups is 2. The summed E-state index contributed by atoms with van der Waals surface area (Å²) in [5, 5.41) is 5.44. The molecule has 0 aromatic heterocycles. The largest absolute Gasteiger partial charge is 0.465 e. The van der Waals surface area contributed by atoms with E-state index in [1.807, 2.05) is 0 Å². The summed E-state index contributed by atoms with van der Waals surface area (Å²) in [6.07, 6.45) is 5.00. The van der Waals surface area contributed by atoms with Crippen molar-refractivity contribution in [3.8, 4) is 0 Å². The van der Waals surface area contributed by atoms with E-state index in [1.54, 1.807) is 37.4 Å². The maximum Gasteiger partial charge on any atom is 0.337 e. The Kier molecular flexibility index (Phi) is 8.17. The van der Waals surface area contributed by atoms with Gasteiger partial charge in [-0.15, -0.1) is 0 Å². The normalized spacial score (nSPS) is 14.5. The van der Waals surface area contributed by atoms with Crippen LogP contribution in [0.15, 0.2) is 53.4 Å². The zero-order valence-corrected chi connectivity index (χ0v) is 20.2. The van der Waals surface area contributed by atoms with Gasteiger partial charge in [0.15, 0.2) is 5.11 Å². The number of hydrogen-bond acceptors (Lipinski definition) is 6. The number of carbonyl (C=O) groups excluding carboxylic acids is 2. The molecule has 10 heteroatoms. The van der Waals surface area contributed by atoms with Crippen LogP contribution in [0, 0.1) is 0 Å². The molecule has 2 N–H and O–H groups in total. The highest BCUT2D eigenvalue weighted by atomic mass is 32.2. The molecule has 1 aliphatic carbocycles. The van der Waals surface area contributed by atoms with E-state index in [0.29, 0.717) is 5.69 Å². The van der Waals surface area contributed by atoms with Crippen molar-refractivity contribution in [3.05, 3.63) is 59.7 Å². The molecule has 3 rings (SSSR count). The van der Waals surface area contributed by atoms with E-state index in [0.717, 1.165) is 32.1 Å². The summed E-state index contributed by atoms with van der Waals surface area (Å²) in [7, 11) is -0.688. The van der Waals surface area contributed by atoms with Crippen molar-refractivity contribution < 1.29 is 22.7 Å². The number of rotatable bonds is 6. The number of ether oxygens (including phenoxy) is 1. The van der Waals surface area contributed by atoms with Gasteiger partial charge in [-0.1, -0.05) is 25.3 Å². The number of methoxy groups -OCH3 is 1. The number of anilines is 1. The third-order valence-electron chi connectivity index (χ3n) is 5.65. The lowest BCUT2D eigenvalue weighted by atomic mass is 9.96. The van der Waals surface area contributed by atoms with Gasteiger partial charge in [-0.3, -0.25) is 10.1 Å². The summed E-state index contributed by atoms with van der Waals surface area (Å²) in [5.74, 6) is -1.04. The minimum atomic E-state index is -3.59. The Bertz CT molecular complexity index is 1130. The Labute approximate surface area is 199 Å². The van der Waals surface area contributed by atoms with E-state index in [1.165, 1.54) is 29.6 Å². The van der Waals surface area contributed by atoms with Crippen LogP contribution in [0.4, 0.5) is 5.69 Å². The number of esters is 1. The van der Waals surface area contributed by atoms with Crippen LogP contribution in [-0.4, -0.2) is 49.9 Å². The Morgan fingerprint density at radius 1 is 1.03 bits per heavy atom. The molecule has 8 nitrogen and oxygen atoms in total.